The summed E-state index contributed by atoms with van der Waals surface area (Å²) >= 11 is 0. The Kier molecular flexibility index (Phi) is 9.48. The molecular weight excluding hydrogens is 348 g/mol. The van der Waals surface area contributed by atoms with Crippen molar-refractivity contribution < 1.29 is 8.42 Å². The first-order chi connectivity index (χ1) is 12.2. The third-order valence-corrected chi connectivity index (χ3v) is 4.46. The average molecular weight is 383 g/mol. The lowest BCUT2D eigenvalue weighted by molar-refractivity contribution is 0.491. The fraction of sp³-hybridized carbons (Fsp3) is 0.632. The number of sulfonamides is 1. The minimum absolute atomic E-state index is 0.330. The molecule has 1 aromatic rings. The van der Waals surface area contributed by atoms with Gasteiger partial charge in [-0.25, -0.2) is 13.4 Å². The van der Waals surface area contributed by atoms with E-state index in [4.69, 9.17) is 0 Å². The topological polar surface area (TPSA) is 82.6 Å². The highest BCUT2D eigenvalue weighted by molar-refractivity contribution is 7.92. The Morgan fingerprint density at radius 2 is 1.85 bits per heavy atom. The van der Waals surface area contributed by atoms with E-state index in [1.165, 1.54) is 12.8 Å². The van der Waals surface area contributed by atoms with Crippen LogP contribution in [0.1, 0.15) is 52.5 Å². The summed E-state index contributed by atoms with van der Waals surface area (Å²) in [6, 6.07) is 7.65. The number of benzene rings is 1. The summed E-state index contributed by atoms with van der Waals surface area (Å²) in [7, 11) is -3.31. The van der Waals surface area contributed by atoms with Crippen molar-refractivity contribution in [1.82, 2.24) is 10.6 Å². The SMILES string of the molecule is CCNC(=NCc1ccccc1NS(C)(=O)=O)NC(C)CCCC(C)C. The van der Waals surface area contributed by atoms with Gasteiger partial charge in [0.2, 0.25) is 10.0 Å². The van der Waals surface area contributed by atoms with Crippen LogP contribution in [0.15, 0.2) is 29.3 Å². The van der Waals surface area contributed by atoms with Crippen LogP contribution in [0.5, 0.6) is 0 Å². The van der Waals surface area contributed by atoms with Crippen LogP contribution in [-0.4, -0.2) is 33.2 Å². The van der Waals surface area contributed by atoms with Crippen LogP contribution in [0.4, 0.5) is 5.69 Å². The van der Waals surface area contributed by atoms with Gasteiger partial charge in [0.1, 0.15) is 0 Å². The van der Waals surface area contributed by atoms with Gasteiger partial charge in [-0.15, -0.1) is 0 Å². The van der Waals surface area contributed by atoms with Crippen molar-refractivity contribution in [3.63, 3.8) is 0 Å². The molecule has 148 valence electrons. The van der Waals surface area contributed by atoms with Crippen LogP contribution in [0.3, 0.4) is 0 Å². The molecule has 1 unspecified atom stereocenters. The molecule has 26 heavy (non-hydrogen) atoms. The summed E-state index contributed by atoms with van der Waals surface area (Å²) in [5.74, 6) is 1.47. The number of nitrogens with one attached hydrogen (secondary N) is 3. The second-order valence-corrected chi connectivity index (χ2v) is 8.85. The van der Waals surface area contributed by atoms with Gasteiger partial charge < -0.3 is 10.6 Å². The molecule has 7 heteroatoms. The molecule has 1 aromatic carbocycles. The van der Waals surface area contributed by atoms with Gasteiger partial charge in [-0.2, -0.15) is 0 Å². The minimum atomic E-state index is -3.31. The van der Waals surface area contributed by atoms with Gasteiger partial charge in [-0.3, -0.25) is 4.72 Å². The molecule has 0 aliphatic rings. The summed E-state index contributed by atoms with van der Waals surface area (Å²) < 4.78 is 25.6. The highest BCUT2D eigenvalue weighted by Crippen LogP contribution is 2.17. The molecule has 0 aliphatic carbocycles. The molecular formula is C19H34N4O2S. The minimum Gasteiger partial charge on any atom is -0.357 e. The molecule has 0 amide bonds. The highest BCUT2D eigenvalue weighted by Gasteiger charge is 2.09. The number of anilines is 1. The van der Waals surface area contributed by atoms with E-state index in [9.17, 15) is 8.42 Å². The van der Waals surface area contributed by atoms with Gasteiger partial charge in [0.15, 0.2) is 5.96 Å². The standard InChI is InChI=1S/C19H34N4O2S/c1-6-20-19(22-16(4)11-9-10-15(2)3)21-14-17-12-7-8-13-18(17)23-26(5,24)25/h7-8,12-13,15-16,23H,6,9-11,14H2,1-5H3,(H2,20,21,22). The highest BCUT2D eigenvalue weighted by atomic mass is 32.2. The number of guanidine groups is 1. The lowest BCUT2D eigenvalue weighted by Gasteiger charge is -2.18. The fourth-order valence-electron chi connectivity index (χ4n) is 2.58. The zero-order chi connectivity index (χ0) is 19.6. The van der Waals surface area contributed by atoms with E-state index >= 15 is 0 Å². The average Bonchev–Trinajstić information content (AvgIpc) is 2.52. The predicted octanol–water partition coefficient (Wildman–Crippen LogP) is 3.33. The Balaban J connectivity index is 2.74. The Bertz CT molecular complexity index is 672. The number of aliphatic imine (C=N–C) groups is 1. The molecule has 0 aromatic heterocycles. The van der Waals surface area contributed by atoms with Crippen molar-refractivity contribution in [3.05, 3.63) is 29.8 Å². The van der Waals surface area contributed by atoms with Crippen LogP contribution in [0.2, 0.25) is 0 Å². The largest absolute Gasteiger partial charge is 0.357 e. The molecule has 0 saturated carbocycles. The van der Waals surface area contributed by atoms with Gasteiger partial charge in [0.05, 0.1) is 18.5 Å². The monoisotopic (exact) mass is 382 g/mol. The molecule has 1 rings (SSSR count). The normalized spacial score (nSPS) is 13.5. The van der Waals surface area contributed by atoms with Crippen molar-refractivity contribution in [2.75, 3.05) is 17.5 Å². The Labute approximate surface area is 158 Å². The van der Waals surface area contributed by atoms with Crippen molar-refractivity contribution in [1.29, 1.82) is 0 Å². The van der Waals surface area contributed by atoms with E-state index in [-0.39, 0.29) is 0 Å². The molecule has 0 radical (unpaired) electrons. The Morgan fingerprint density at radius 3 is 2.46 bits per heavy atom. The number of hydrogen-bond donors (Lipinski definition) is 3. The van der Waals surface area contributed by atoms with Gasteiger partial charge >= 0.3 is 0 Å². The maximum atomic E-state index is 11.5. The number of hydrogen-bond acceptors (Lipinski definition) is 3. The van der Waals surface area contributed by atoms with Crippen LogP contribution in [0, 0.1) is 5.92 Å². The maximum Gasteiger partial charge on any atom is 0.229 e. The smallest absolute Gasteiger partial charge is 0.229 e. The first-order valence-electron chi connectivity index (χ1n) is 9.31. The molecule has 3 N–H and O–H groups in total. The van der Waals surface area contributed by atoms with Gasteiger partial charge in [-0.05, 0) is 37.8 Å². The molecule has 0 fully saturated rings. The second kappa shape index (κ2) is 11.1. The summed E-state index contributed by atoms with van der Waals surface area (Å²) in [6.07, 6.45) is 4.66. The fourth-order valence-corrected chi connectivity index (χ4v) is 3.18. The van der Waals surface area contributed by atoms with E-state index in [0.29, 0.717) is 18.3 Å². The molecule has 0 saturated heterocycles. The maximum absolute atomic E-state index is 11.5. The summed E-state index contributed by atoms with van der Waals surface area (Å²) in [6.45, 7) is 9.84. The van der Waals surface area contributed by atoms with Crippen LogP contribution in [0.25, 0.3) is 0 Å². The number of para-hydroxylation sites is 1. The van der Waals surface area contributed by atoms with E-state index in [1.807, 2.05) is 19.1 Å². The van der Waals surface area contributed by atoms with E-state index in [0.717, 1.165) is 36.7 Å². The van der Waals surface area contributed by atoms with Crippen molar-refractivity contribution in [3.8, 4) is 0 Å². The van der Waals surface area contributed by atoms with Crippen molar-refractivity contribution >= 4 is 21.7 Å². The van der Waals surface area contributed by atoms with Gasteiger partial charge in [0, 0.05) is 12.6 Å². The molecule has 1 atom stereocenters. The van der Waals surface area contributed by atoms with Gasteiger partial charge in [0.25, 0.3) is 0 Å². The number of rotatable bonds is 10. The predicted molar refractivity (Wildman–Crippen MR) is 111 cm³/mol. The van der Waals surface area contributed by atoms with Crippen LogP contribution in [-0.2, 0) is 16.6 Å². The molecule has 0 bridgehead atoms. The second-order valence-electron chi connectivity index (χ2n) is 7.10. The first-order valence-corrected chi connectivity index (χ1v) is 11.2. The molecule has 6 nitrogen and oxygen atoms in total. The van der Waals surface area contributed by atoms with Crippen LogP contribution >= 0.6 is 0 Å². The zero-order valence-corrected chi connectivity index (χ0v) is 17.5. The van der Waals surface area contributed by atoms with Gasteiger partial charge in [-0.1, -0.05) is 44.9 Å². The Morgan fingerprint density at radius 1 is 1.15 bits per heavy atom. The summed E-state index contributed by atoms with van der Waals surface area (Å²) in [5, 5.41) is 6.68. The third-order valence-electron chi connectivity index (χ3n) is 3.87. The third kappa shape index (κ3) is 9.65. The first kappa shape index (κ1) is 22.3. The van der Waals surface area contributed by atoms with Crippen molar-refractivity contribution in [2.45, 2.75) is 59.5 Å². The summed E-state index contributed by atoms with van der Waals surface area (Å²) in [4.78, 5) is 4.62. The summed E-state index contributed by atoms with van der Waals surface area (Å²) in [5.41, 5.74) is 1.40. The molecule has 0 aliphatic heterocycles. The van der Waals surface area contributed by atoms with Crippen molar-refractivity contribution in [2.24, 2.45) is 10.9 Å². The van der Waals surface area contributed by atoms with E-state index in [1.54, 1.807) is 12.1 Å². The molecule has 0 heterocycles. The van der Waals surface area contributed by atoms with Crippen LogP contribution < -0.4 is 15.4 Å². The quantitative estimate of drug-likeness (QED) is 0.428. The zero-order valence-electron chi connectivity index (χ0n) is 16.7. The lowest BCUT2D eigenvalue weighted by Crippen LogP contribution is -2.42. The number of nitrogens with zero attached hydrogens (tertiary/aromatic N) is 1. The van der Waals surface area contributed by atoms with E-state index < -0.39 is 10.0 Å². The van der Waals surface area contributed by atoms with E-state index in [2.05, 4.69) is 41.1 Å². The lowest BCUT2D eigenvalue weighted by atomic mass is 10.0. The molecule has 0 spiro atoms. The Hall–Kier alpha value is -1.76.